The van der Waals surface area contributed by atoms with Crippen LogP contribution in [0.4, 0.5) is 0 Å². The third kappa shape index (κ3) is 3.25. The van der Waals surface area contributed by atoms with Gasteiger partial charge in [0.2, 0.25) is 0 Å². The van der Waals surface area contributed by atoms with Crippen LogP contribution in [-0.2, 0) is 13.1 Å². The van der Waals surface area contributed by atoms with Crippen molar-refractivity contribution in [1.82, 2.24) is 9.13 Å². The van der Waals surface area contributed by atoms with E-state index in [1.807, 2.05) is 12.1 Å². The molecule has 33 heavy (non-hydrogen) atoms. The highest BCUT2D eigenvalue weighted by Crippen LogP contribution is 2.46. The quantitative estimate of drug-likeness (QED) is 0.379. The van der Waals surface area contributed by atoms with Crippen molar-refractivity contribution < 1.29 is 14.6 Å². The smallest absolute Gasteiger partial charge is 0.335 e. The topological polar surface area (TPSA) is 56.4 Å². The number of carbonyl (C=O) groups is 1. The highest BCUT2D eigenvalue weighted by molar-refractivity contribution is 5.99. The van der Waals surface area contributed by atoms with Crippen LogP contribution in [-0.4, -0.2) is 27.3 Å². The third-order valence-electron chi connectivity index (χ3n) is 7.73. The largest absolute Gasteiger partial charge is 0.497 e. The van der Waals surface area contributed by atoms with Gasteiger partial charge in [0.1, 0.15) is 5.75 Å². The van der Waals surface area contributed by atoms with Crippen molar-refractivity contribution in [2.45, 2.75) is 64.0 Å². The fourth-order valence-corrected chi connectivity index (χ4v) is 6.16. The van der Waals surface area contributed by atoms with Crippen LogP contribution in [0.3, 0.4) is 0 Å². The van der Waals surface area contributed by atoms with Gasteiger partial charge < -0.3 is 19.0 Å². The summed E-state index contributed by atoms with van der Waals surface area (Å²) in [5.41, 5.74) is 6.64. The first-order chi connectivity index (χ1) is 16.2. The van der Waals surface area contributed by atoms with Crippen molar-refractivity contribution in [2.75, 3.05) is 7.11 Å². The van der Waals surface area contributed by atoms with Gasteiger partial charge >= 0.3 is 5.97 Å². The molecule has 3 heterocycles. The zero-order valence-corrected chi connectivity index (χ0v) is 19.1. The second-order valence-corrected chi connectivity index (χ2v) is 9.60. The molecule has 2 aliphatic rings. The maximum absolute atomic E-state index is 11.8. The third-order valence-corrected chi connectivity index (χ3v) is 7.73. The molecule has 2 aromatic heterocycles. The summed E-state index contributed by atoms with van der Waals surface area (Å²) in [4.78, 5) is 11.8. The normalized spacial score (nSPS) is 16.9. The Hall–Kier alpha value is -3.21. The molecule has 1 aliphatic carbocycles. The van der Waals surface area contributed by atoms with Gasteiger partial charge in [0.15, 0.2) is 0 Å². The van der Waals surface area contributed by atoms with Crippen LogP contribution < -0.4 is 4.74 Å². The minimum absolute atomic E-state index is 0.366. The summed E-state index contributed by atoms with van der Waals surface area (Å²) in [5, 5.41) is 12.1. The van der Waals surface area contributed by atoms with Crippen LogP contribution in [0, 0.1) is 0 Å². The molecule has 0 unspecified atom stereocenters. The van der Waals surface area contributed by atoms with Gasteiger partial charge in [-0.15, -0.1) is 0 Å². The lowest BCUT2D eigenvalue weighted by molar-refractivity contribution is 0.0697. The molecule has 0 radical (unpaired) electrons. The molecule has 0 amide bonds. The Balaban J connectivity index is 1.69. The van der Waals surface area contributed by atoms with Gasteiger partial charge in [0.05, 0.1) is 29.6 Å². The van der Waals surface area contributed by atoms with Crippen LogP contribution in [0.2, 0.25) is 0 Å². The Morgan fingerprint density at radius 1 is 0.909 bits per heavy atom. The Kier molecular flexibility index (Phi) is 4.93. The van der Waals surface area contributed by atoms with Crippen LogP contribution in [0.5, 0.6) is 5.75 Å². The number of aryl methyl sites for hydroxylation is 2. The van der Waals surface area contributed by atoms with E-state index in [-0.39, 0.29) is 0 Å². The maximum Gasteiger partial charge on any atom is 0.335 e. The predicted octanol–water partition coefficient (Wildman–Crippen LogP) is 6.81. The van der Waals surface area contributed by atoms with Gasteiger partial charge in [0, 0.05) is 35.4 Å². The molecule has 5 heteroatoms. The summed E-state index contributed by atoms with van der Waals surface area (Å²) in [7, 11) is 1.72. The first kappa shape index (κ1) is 20.4. The molecule has 0 bridgehead atoms. The van der Waals surface area contributed by atoms with E-state index in [1.165, 1.54) is 65.3 Å². The molecule has 1 aliphatic heterocycles. The van der Waals surface area contributed by atoms with E-state index < -0.39 is 5.97 Å². The number of carboxylic acids is 1. The molecule has 170 valence electrons. The number of fused-ring (bicyclic) bond motifs is 7. The van der Waals surface area contributed by atoms with Gasteiger partial charge in [-0.1, -0.05) is 25.3 Å². The fourth-order valence-electron chi connectivity index (χ4n) is 6.16. The summed E-state index contributed by atoms with van der Waals surface area (Å²) in [6, 6.07) is 14.4. The molecule has 5 nitrogen and oxygen atoms in total. The number of rotatable bonds is 3. The second kappa shape index (κ2) is 7.98. The van der Waals surface area contributed by atoms with E-state index in [9.17, 15) is 9.90 Å². The summed E-state index contributed by atoms with van der Waals surface area (Å²) >= 11 is 0. The van der Waals surface area contributed by atoms with Crippen LogP contribution >= 0.6 is 0 Å². The van der Waals surface area contributed by atoms with Crippen molar-refractivity contribution in [2.24, 2.45) is 0 Å². The first-order valence-corrected chi connectivity index (χ1v) is 12.2. The van der Waals surface area contributed by atoms with Gasteiger partial charge in [-0.25, -0.2) is 4.79 Å². The van der Waals surface area contributed by atoms with Gasteiger partial charge in [0.25, 0.3) is 0 Å². The van der Waals surface area contributed by atoms with Crippen LogP contribution in [0.15, 0.2) is 42.5 Å². The molecule has 6 rings (SSSR count). The van der Waals surface area contributed by atoms with E-state index >= 15 is 0 Å². The standard InChI is InChI=1S/C28H30N2O3/c1-33-21-11-9-19-15-25-27-26(18-7-3-2-4-8-18)22-12-10-20(28(31)32)16-24(22)30(27)14-6-5-13-29(25)23(19)17-21/h9-12,15-18H,2-8,13-14H2,1H3,(H,31,32). The number of carboxylic acid groups (broad SMARTS) is 1. The van der Waals surface area contributed by atoms with Crippen LogP contribution in [0.1, 0.15) is 66.8 Å². The number of benzene rings is 2. The van der Waals surface area contributed by atoms with Crippen molar-refractivity contribution in [3.05, 3.63) is 53.6 Å². The van der Waals surface area contributed by atoms with Crippen molar-refractivity contribution in [3.63, 3.8) is 0 Å². The lowest BCUT2D eigenvalue weighted by Gasteiger charge is -2.25. The first-order valence-electron chi connectivity index (χ1n) is 12.2. The maximum atomic E-state index is 11.8. The van der Waals surface area contributed by atoms with Gasteiger partial charge in [-0.05, 0) is 67.5 Å². The lowest BCUT2D eigenvalue weighted by atomic mass is 9.82. The molecular weight excluding hydrogens is 412 g/mol. The monoisotopic (exact) mass is 442 g/mol. The van der Waals surface area contributed by atoms with E-state index in [2.05, 4.69) is 33.4 Å². The summed E-state index contributed by atoms with van der Waals surface area (Å²) in [6.45, 7) is 1.91. The van der Waals surface area contributed by atoms with Gasteiger partial charge in [-0.3, -0.25) is 0 Å². The number of nitrogens with zero attached hydrogens (tertiary/aromatic N) is 2. The molecule has 1 N–H and O–H groups in total. The molecule has 2 aromatic carbocycles. The SMILES string of the molecule is COc1ccc2cc3n(c2c1)CCCCn1c-3c(C2CCCCC2)c2ccc(C(=O)O)cc21. The number of ether oxygens (including phenoxy) is 1. The van der Waals surface area contributed by atoms with E-state index in [4.69, 9.17) is 4.74 Å². The molecule has 4 aromatic rings. The number of hydrogen-bond donors (Lipinski definition) is 1. The molecule has 0 atom stereocenters. The zero-order valence-electron chi connectivity index (χ0n) is 19.1. The Bertz CT molecular complexity index is 1370. The molecular formula is C28H30N2O3. The Morgan fingerprint density at radius 3 is 2.45 bits per heavy atom. The van der Waals surface area contributed by atoms with E-state index in [0.717, 1.165) is 37.2 Å². The minimum Gasteiger partial charge on any atom is -0.497 e. The van der Waals surface area contributed by atoms with E-state index in [0.29, 0.717) is 11.5 Å². The Morgan fingerprint density at radius 2 is 1.70 bits per heavy atom. The zero-order chi connectivity index (χ0) is 22.5. The van der Waals surface area contributed by atoms with Crippen molar-refractivity contribution in [1.29, 1.82) is 0 Å². The average molecular weight is 443 g/mol. The number of aromatic nitrogens is 2. The summed E-state index contributed by atoms with van der Waals surface area (Å²) in [5.74, 6) is 0.539. The average Bonchev–Trinajstić information content (AvgIpc) is 3.34. The van der Waals surface area contributed by atoms with Crippen molar-refractivity contribution >= 4 is 27.8 Å². The number of methoxy groups -OCH3 is 1. The molecule has 1 saturated carbocycles. The predicted molar refractivity (Wildman–Crippen MR) is 131 cm³/mol. The van der Waals surface area contributed by atoms with Gasteiger partial charge in [-0.2, -0.15) is 0 Å². The van der Waals surface area contributed by atoms with Crippen LogP contribution in [0.25, 0.3) is 33.2 Å². The number of hydrogen-bond acceptors (Lipinski definition) is 2. The van der Waals surface area contributed by atoms with Crippen molar-refractivity contribution in [3.8, 4) is 17.1 Å². The molecule has 0 saturated heterocycles. The molecule has 0 spiro atoms. The summed E-state index contributed by atoms with van der Waals surface area (Å²) < 4.78 is 10.4. The lowest BCUT2D eigenvalue weighted by Crippen LogP contribution is -2.13. The fraction of sp³-hybridized carbons (Fsp3) is 0.393. The second-order valence-electron chi connectivity index (χ2n) is 9.60. The summed E-state index contributed by atoms with van der Waals surface area (Å²) in [6.07, 6.45) is 8.43. The minimum atomic E-state index is -0.862. The highest BCUT2D eigenvalue weighted by atomic mass is 16.5. The Labute approximate surface area is 193 Å². The number of aromatic carboxylic acids is 1. The van der Waals surface area contributed by atoms with E-state index in [1.54, 1.807) is 13.2 Å². The molecule has 1 fully saturated rings. The highest BCUT2D eigenvalue weighted by Gasteiger charge is 2.29.